The highest BCUT2D eigenvalue weighted by atomic mass is 16.4. The molecule has 6 nitrogen and oxygen atoms in total. The lowest BCUT2D eigenvalue weighted by Gasteiger charge is -2.08. The van der Waals surface area contributed by atoms with Crippen molar-refractivity contribution in [3.8, 4) is 11.3 Å². The smallest absolute Gasteiger partial charge is 0.352 e. The molecule has 0 aliphatic rings. The Kier molecular flexibility index (Phi) is 4.05. The first-order valence-corrected chi connectivity index (χ1v) is 7.17. The third kappa shape index (κ3) is 3.37. The number of carboxylic acids is 1. The van der Waals surface area contributed by atoms with Crippen LogP contribution in [0.2, 0.25) is 0 Å². The van der Waals surface area contributed by atoms with E-state index in [4.69, 9.17) is 5.11 Å². The van der Waals surface area contributed by atoms with Crippen molar-refractivity contribution in [2.75, 3.05) is 5.32 Å². The molecular formula is C17H16N4O2. The van der Waals surface area contributed by atoms with Crippen molar-refractivity contribution >= 4 is 11.9 Å². The molecule has 1 aromatic carbocycles. The van der Waals surface area contributed by atoms with Gasteiger partial charge in [-0.2, -0.15) is 0 Å². The van der Waals surface area contributed by atoms with Crippen molar-refractivity contribution in [2.24, 2.45) is 0 Å². The third-order valence-corrected chi connectivity index (χ3v) is 3.45. The molecule has 116 valence electrons. The highest BCUT2D eigenvalue weighted by molar-refractivity contribution is 5.87. The summed E-state index contributed by atoms with van der Waals surface area (Å²) in [4.78, 5) is 22.5. The number of nitrogens with one attached hydrogen (secondary N) is 2. The normalized spacial score (nSPS) is 10.5. The average Bonchev–Trinajstić information content (AvgIpc) is 3.05. The van der Waals surface area contributed by atoms with Gasteiger partial charge in [-0.1, -0.05) is 30.3 Å². The molecule has 0 spiro atoms. The Morgan fingerprint density at radius 3 is 2.78 bits per heavy atom. The molecule has 0 aliphatic heterocycles. The van der Waals surface area contributed by atoms with E-state index in [2.05, 4.69) is 20.3 Å². The number of nitrogens with zero attached hydrogens (tertiary/aromatic N) is 2. The summed E-state index contributed by atoms with van der Waals surface area (Å²) in [6, 6.07) is 11.5. The first kappa shape index (κ1) is 14.8. The van der Waals surface area contributed by atoms with Gasteiger partial charge < -0.3 is 15.4 Å². The van der Waals surface area contributed by atoms with E-state index in [1.54, 1.807) is 18.5 Å². The molecule has 3 rings (SSSR count). The first-order chi connectivity index (χ1) is 11.1. The molecule has 0 unspecified atom stereocenters. The van der Waals surface area contributed by atoms with Crippen LogP contribution in [0.5, 0.6) is 0 Å². The molecule has 6 heteroatoms. The Bertz CT molecular complexity index is 828. The molecule has 0 amide bonds. The zero-order chi connectivity index (χ0) is 16.2. The van der Waals surface area contributed by atoms with Crippen LogP contribution in [0.1, 0.15) is 21.6 Å². The van der Waals surface area contributed by atoms with E-state index in [-0.39, 0.29) is 5.69 Å². The molecule has 0 fully saturated rings. The molecular weight excluding hydrogens is 292 g/mol. The van der Waals surface area contributed by atoms with Crippen molar-refractivity contribution in [3.63, 3.8) is 0 Å². The number of anilines is 1. The summed E-state index contributed by atoms with van der Waals surface area (Å²) in [7, 11) is 0. The zero-order valence-electron chi connectivity index (χ0n) is 12.6. The number of benzene rings is 1. The molecule has 0 bridgehead atoms. The van der Waals surface area contributed by atoms with E-state index in [1.807, 2.05) is 37.3 Å². The number of hydrogen-bond donors (Lipinski definition) is 3. The van der Waals surface area contributed by atoms with Crippen LogP contribution in [-0.2, 0) is 6.54 Å². The monoisotopic (exact) mass is 308 g/mol. The maximum absolute atomic E-state index is 11.0. The molecule has 0 saturated carbocycles. The number of H-pyrrole nitrogens is 1. The number of aromatic nitrogens is 3. The van der Waals surface area contributed by atoms with Crippen LogP contribution in [0.15, 0.2) is 48.8 Å². The highest BCUT2D eigenvalue weighted by Gasteiger charge is 2.11. The lowest BCUT2D eigenvalue weighted by molar-refractivity contribution is 0.0691. The number of rotatable bonds is 5. The maximum Gasteiger partial charge on any atom is 0.352 e. The molecule has 23 heavy (non-hydrogen) atoms. The molecule has 0 aliphatic carbocycles. The van der Waals surface area contributed by atoms with E-state index in [0.717, 1.165) is 16.7 Å². The fraction of sp³-hybridized carbons (Fsp3) is 0.118. The molecule has 2 heterocycles. The van der Waals surface area contributed by atoms with Gasteiger partial charge in [0.2, 0.25) is 5.95 Å². The van der Waals surface area contributed by atoms with Crippen LogP contribution in [0.4, 0.5) is 5.95 Å². The Hall–Kier alpha value is -3.15. The minimum Gasteiger partial charge on any atom is -0.477 e. The van der Waals surface area contributed by atoms with Crippen molar-refractivity contribution in [3.05, 3.63) is 65.6 Å². The molecule has 3 aromatic rings. The largest absolute Gasteiger partial charge is 0.477 e. The van der Waals surface area contributed by atoms with Crippen LogP contribution in [0.3, 0.4) is 0 Å². The topological polar surface area (TPSA) is 90.9 Å². The van der Waals surface area contributed by atoms with Gasteiger partial charge in [0.1, 0.15) is 5.69 Å². The molecule has 0 radical (unpaired) electrons. The SMILES string of the molecule is Cc1cnc(NCc2ccccc2)nc1-c1c[nH]c(C(=O)O)c1. The summed E-state index contributed by atoms with van der Waals surface area (Å²) in [6.07, 6.45) is 3.36. The summed E-state index contributed by atoms with van der Waals surface area (Å²) in [5.74, 6) is -0.488. The number of aromatic carboxylic acids is 1. The van der Waals surface area contributed by atoms with Crippen molar-refractivity contribution < 1.29 is 9.90 Å². The van der Waals surface area contributed by atoms with Crippen LogP contribution in [0.25, 0.3) is 11.3 Å². The van der Waals surface area contributed by atoms with Crippen molar-refractivity contribution in [1.82, 2.24) is 15.0 Å². The van der Waals surface area contributed by atoms with Crippen molar-refractivity contribution in [2.45, 2.75) is 13.5 Å². The number of hydrogen-bond acceptors (Lipinski definition) is 4. The Labute approximate surface area is 133 Å². The average molecular weight is 308 g/mol. The second-order valence-electron chi connectivity index (χ2n) is 5.17. The Morgan fingerprint density at radius 2 is 2.09 bits per heavy atom. The third-order valence-electron chi connectivity index (χ3n) is 3.45. The summed E-state index contributed by atoms with van der Waals surface area (Å²) in [5.41, 5.74) is 3.58. The highest BCUT2D eigenvalue weighted by Crippen LogP contribution is 2.22. The van der Waals surface area contributed by atoms with Gasteiger partial charge in [-0.25, -0.2) is 14.8 Å². The van der Waals surface area contributed by atoms with E-state index < -0.39 is 5.97 Å². The second-order valence-corrected chi connectivity index (χ2v) is 5.17. The number of aromatic amines is 1. The molecule has 0 saturated heterocycles. The van der Waals surface area contributed by atoms with E-state index in [1.165, 1.54) is 0 Å². The fourth-order valence-electron chi connectivity index (χ4n) is 2.25. The van der Waals surface area contributed by atoms with Gasteiger partial charge in [0.05, 0.1) is 5.69 Å². The summed E-state index contributed by atoms with van der Waals surface area (Å²) in [6.45, 7) is 2.51. The summed E-state index contributed by atoms with van der Waals surface area (Å²) in [5, 5.41) is 12.2. The number of carboxylic acid groups (broad SMARTS) is 1. The number of carbonyl (C=O) groups is 1. The predicted molar refractivity (Wildman–Crippen MR) is 87.3 cm³/mol. The van der Waals surface area contributed by atoms with Crippen LogP contribution >= 0.6 is 0 Å². The molecule has 3 N–H and O–H groups in total. The zero-order valence-corrected chi connectivity index (χ0v) is 12.6. The standard InChI is InChI=1S/C17H16N4O2/c1-11-8-19-17(20-9-12-5-3-2-4-6-12)21-15(11)13-7-14(16(22)23)18-10-13/h2-8,10,18H,9H2,1H3,(H,22,23)(H,19,20,21). The maximum atomic E-state index is 11.0. The summed E-state index contributed by atoms with van der Waals surface area (Å²) >= 11 is 0. The molecule has 2 aromatic heterocycles. The quantitative estimate of drug-likeness (QED) is 0.674. The number of aryl methyl sites for hydroxylation is 1. The van der Waals surface area contributed by atoms with Crippen LogP contribution in [-0.4, -0.2) is 26.0 Å². The Morgan fingerprint density at radius 1 is 1.30 bits per heavy atom. The first-order valence-electron chi connectivity index (χ1n) is 7.17. The van der Waals surface area contributed by atoms with Gasteiger partial charge >= 0.3 is 5.97 Å². The van der Waals surface area contributed by atoms with Gasteiger partial charge in [-0.3, -0.25) is 0 Å². The van der Waals surface area contributed by atoms with Crippen LogP contribution < -0.4 is 5.32 Å². The lowest BCUT2D eigenvalue weighted by atomic mass is 10.1. The van der Waals surface area contributed by atoms with E-state index in [0.29, 0.717) is 18.2 Å². The molecule has 0 atom stereocenters. The van der Waals surface area contributed by atoms with Gasteiger partial charge in [0, 0.05) is 24.5 Å². The minimum atomic E-state index is -0.995. The van der Waals surface area contributed by atoms with E-state index in [9.17, 15) is 4.79 Å². The van der Waals surface area contributed by atoms with Gasteiger partial charge in [0.15, 0.2) is 0 Å². The van der Waals surface area contributed by atoms with Crippen molar-refractivity contribution in [1.29, 1.82) is 0 Å². The minimum absolute atomic E-state index is 0.136. The van der Waals surface area contributed by atoms with Gasteiger partial charge in [-0.15, -0.1) is 0 Å². The van der Waals surface area contributed by atoms with Gasteiger partial charge in [-0.05, 0) is 24.1 Å². The van der Waals surface area contributed by atoms with E-state index >= 15 is 0 Å². The predicted octanol–water partition coefficient (Wildman–Crippen LogP) is 3.09. The fourth-order valence-corrected chi connectivity index (χ4v) is 2.25. The lowest BCUT2D eigenvalue weighted by Crippen LogP contribution is -2.04. The summed E-state index contributed by atoms with van der Waals surface area (Å²) < 4.78 is 0. The second kappa shape index (κ2) is 6.31. The Balaban J connectivity index is 1.82. The van der Waals surface area contributed by atoms with Crippen LogP contribution in [0, 0.1) is 6.92 Å². The van der Waals surface area contributed by atoms with Gasteiger partial charge in [0.25, 0.3) is 0 Å².